The molecule has 2 aliphatic heterocycles. The average molecular weight is 378 g/mol. The van der Waals surface area contributed by atoms with Crippen molar-refractivity contribution >= 4 is 34.8 Å². The Labute approximate surface area is 156 Å². The molecule has 2 aliphatic rings. The van der Waals surface area contributed by atoms with E-state index in [2.05, 4.69) is 6.07 Å². The molecule has 1 spiro atoms. The van der Waals surface area contributed by atoms with Gasteiger partial charge in [0.1, 0.15) is 0 Å². The molecular weight excluding hydrogens is 361 g/mol. The number of nitrogens with zero attached hydrogens (tertiary/aromatic N) is 1. The van der Waals surface area contributed by atoms with Gasteiger partial charge in [-0.25, -0.2) is 0 Å². The second kappa shape index (κ2) is 5.99. The maximum absolute atomic E-state index is 13.2. The molecule has 0 aliphatic carbocycles. The van der Waals surface area contributed by atoms with E-state index in [9.17, 15) is 4.79 Å². The van der Waals surface area contributed by atoms with E-state index in [0.717, 1.165) is 27.9 Å². The fourth-order valence-electron chi connectivity index (χ4n) is 3.63. The highest BCUT2D eigenvalue weighted by Crippen LogP contribution is 2.48. The number of carbonyl (C=O) groups is 1. The maximum atomic E-state index is 13.2. The molecule has 2 aromatic carbocycles. The van der Waals surface area contributed by atoms with Crippen molar-refractivity contribution in [1.29, 1.82) is 0 Å². The number of anilines is 1. The number of fused-ring (bicyclic) bond motifs is 2. The molecule has 2 aromatic rings. The molecule has 0 N–H and O–H groups in total. The van der Waals surface area contributed by atoms with Gasteiger partial charge in [-0.3, -0.25) is 4.79 Å². The van der Waals surface area contributed by atoms with Gasteiger partial charge in [0.25, 0.3) is 11.7 Å². The Balaban J connectivity index is 1.83. The SMILES string of the molecule is Cc1cc(C)c2c(c1)C1(OCCO1)C(=O)N2Cc1ccc(Cl)cc1Cl. The van der Waals surface area contributed by atoms with Gasteiger partial charge >= 0.3 is 0 Å². The number of hydrogen-bond acceptors (Lipinski definition) is 3. The van der Waals surface area contributed by atoms with Crippen molar-refractivity contribution in [3.05, 3.63) is 62.6 Å². The predicted octanol–water partition coefficient (Wildman–Crippen LogP) is 4.36. The molecule has 4 nitrogen and oxygen atoms in total. The van der Waals surface area contributed by atoms with E-state index < -0.39 is 5.79 Å². The first-order valence-electron chi connectivity index (χ1n) is 8.08. The summed E-state index contributed by atoms with van der Waals surface area (Å²) < 4.78 is 11.6. The quantitative estimate of drug-likeness (QED) is 0.780. The minimum atomic E-state index is -1.33. The van der Waals surface area contributed by atoms with E-state index >= 15 is 0 Å². The summed E-state index contributed by atoms with van der Waals surface area (Å²) in [5, 5.41) is 1.09. The Bertz CT molecular complexity index is 875. The Morgan fingerprint density at radius 1 is 1.12 bits per heavy atom. The molecule has 6 heteroatoms. The normalized spacial score (nSPS) is 18.2. The van der Waals surface area contributed by atoms with Crippen molar-refractivity contribution in [2.75, 3.05) is 18.1 Å². The topological polar surface area (TPSA) is 38.8 Å². The number of benzene rings is 2. The number of amides is 1. The van der Waals surface area contributed by atoms with Crippen LogP contribution in [-0.2, 0) is 26.6 Å². The number of hydrogen-bond donors (Lipinski definition) is 0. The number of ether oxygens (including phenoxy) is 2. The van der Waals surface area contributed by atoms with Crippen LogP contribution in [0.3, 0.4) is 0 Å². The van der Waals surface area contributed by atoms with Gasteiger partial charge in [0.2, 0.25) is 0 Å². The van der Waals surface area contributed by atoms with Gasteiger partial charge in [-0.05, 0) is 43.2 Å². The molecule has 0 bridgehead atoms. The fraction of sp³-hybridized carbons (Fsp3) is 0.316. The smallest absolute Gasteiger partial charge is 0.292 e. The summed E-state index contributed by atoms with van der Waals surface area (Å²) in [6.07, 6.45) is 0. The van der Waals surface area contributed by atoms with Crippen molar-refractivity contribution in [2.45, 2.75) is 26.2 Å². The molecule has 1 fully saturated rings. The summed E-state index contributed by atoms with van der Waals surface area (Å²) in [6, 6.07) is 9.30. The number of carbonyl (C=O) groups excluding carboxylic acids is 1. The second-order valence-corrected chi connectivity index (χ2v) is 7.26. The van der Waals surface area contributed by atoms with Crippen LogP contribution in [0.4, 0.5) is 5.69 Å². The van der Waals surface area contributed by atoms with Crippen molar-refractivity contribution < 1.29 is 14.3 Å². The van der Waals surface area contributed by atoms with Crippen LogP contribution in [-0.4, -0.2) is 19.1 Å². The minimum Gasteiger partial charge on any atom is -0.336 e. The van der Waals surface area contributed by atoms with Gasteiger partial charge in [0.05, 0.1) is 25.4 Å². The van der Waals surface area contributed by atoms with Gasteiger partial charge in [0.15, 0.2) is 0 Å². The van der Waals surface area contributed by atoms with Gasteiger partial charge in [0, 0.05) is 15.6 Å². The molecular formula is C19H17Cl2NO3. The highest BCUT2D eigenvalue weighted by molar-refractivity contribution is 6.35. The highest BCUT2D eigenvalue weighted by atomic mass is 35.5. The van der Waals surface area contributed by atoms with Crippen LogP contribution in [0.1, 0.15) is 22.3 Å². The first-order valence-corrected chi connectivity index (χ1v) is 8.83. The van der Waals surface area contributed by atoms with Crippen LogP contribution < -0.4 is 4.90 Å². The molecule has 2 heterocycles. The van der Waals surface area contributed by atoms with E-state index in [-0.39, 0.29) is 5.91 Å². The van der Waals surface area contributed by atoms with E-state index in [4.69, 9.17) is 32.7 Å². The summed E-state index contributed by atoms with van der Waals surface area (Å²) >= 11 is 12.3. The Kier molecular flexibility index (Phi) is 4.04. The molecule has 25 heavy (non-hydrogen) atoms. The van der Waals surface area contributed by atoms with E-state index in [1.54, 1.807) is 17.0 Å². The highest BCUT2D eigenvalue weighted by Gasteiger charge is 2.56. The Hall–Kier alpha value is -1.59. The maximum Gasteiger partial charge on any atom is 0.292 e. The largest absolute Gasteiger partial charge is 0.336 e. The van der Waals surface area contributed by atoms with E-state index in [1.165, 1.54) is 0 Å². The van der Waals surface area contributed by atoms with Gasteiger partial charge in [-0.2, -0.15) is 0 Å². The summed E-state index contributed by atoms with van der Waals surface area (Å²) in [5.74, 6) is -1.54. The van der Waals surface area contributed by atoms with Crippen LogP contribution in [0.25, 0.3) is 0 Å². The lowest BCUT2D eigenvalue weighted by molar-refractivity contribution is -0.180. The first kappa shape index (κ1) is 16.9. The lowest BCUT2D eigenvalue weighted by atomic mass is 10.0. The third kappa shape index (κ3) is 2.56. The van der Waals surface area contributed by atoms with E-state index in [0.29, 0.717) is 29.8 Å². The number of halogens is 2. The molecule has 0 radical (unpaired) electrons. The summed E-state index contributed by atoms with van der Waals surface area (Å²) in [4.78, 5) is 14.9. The molecule has 0 aromatic heterocycles. The molecule has 1 amide bonds. The molecule has 0 unspecified atom stereocenters. The minimum absolute atomic E-state index is 0.209. The lowest BCUT2D eigenvalue weighted by Gasteiger charge is -2.22. The van der Waals surface area contributed by atoms with Crippen molar-refractivity contribution in [3.63, 3.8) is 0 Å². The van der Waals surface area contributed by atoms with Crippen LogP contribution in [0.2, 0.25) is 10.0 Å². The zero-order valence-corrected chi connectivity index (χ0v) is 15.4. The lowest BCUT2D eigenvalue weighted by Crippen LogP contribution is -2.41. The average Bonchev–Trinajstić information content (AvgIpc) is 3.11. The summed E-state index contributed by atoms with van der Waals surface area (Å²) in [7, 11) is 0. The van der Waals surface area contributed by atoms with Gasteiger partial charge in [-0.15, -0.1) is 0 Å². The third-order valence-corrected chi connectivity index (χ3v) is 5.22. The van der Waals surface area contributed by atoms with E-state index in [1.807, 2.05) is 26.0 Å². The first-order chi connectivity index (χ1) is 11.9. The fourth-order valence-corrected chi connectivity index (χ4v) is 4.09. The monoisotopic (exact) mass is 377 g/mol. The predicted molar refractivity (Wildman–Crippen MR) is 97.2 cm³/mol. The summed E-state index contributed by atoms with van der Waals surface area (Å²) in [6.45, 7) is 5.12. The van der Waals surface area contributed by atoms with Crippen molar-refractivity contribution in [3.8, 4) is 0 Å². The van der Waals surface area contributed by atoms with Crippen LogP contribution >= 0.6 is 23.2 Å². The Morgan fingerprint density at radius 2 is 1.84 bits per heavy atom. The van der Waals surface area contributed by atoms with Crippen LogP contribution in [0, 0.1) is 13.8 Å². The Morgan fingerprint density at radius 3 is 2.52 bits per heavy atom. The second-order valence-electron chi connectivity index (χ2n) is 6.42. The zero-order chi connectivity index (χ0) is 17.8. The molecule has 0 atom stereocenters. The van der Waals surface area contributed by atoms with Crippen molar-refractivity contribution in [2.24, 2.45) is 0 Å². The number of aryl methyl sites for hydroxylation is 2. The van der Waals surface area contributed by atoms with Gasteiger partial charge < -0.3 is 14.4 Å². The summed E-state index contributed by atoms with van der Waals surface area (Å²) in [5.41, 5.74) is 4.50. The van der Waals surface area contributed by atoms with Crippen LogP contribution in [0.15, 0.2) is 30.3 Å². The molecule has 0 saturated carbocycles. The van der Waals surface area contributed by atoms with Crippen LogP contribution in [0.5, 0.6) is 0 Å². The zero-order valence-electron chi connectivity index (χ0n) is 13.9. The number of rotatable bonds is 2. The standard InChI is InChI=1S/C19H17Cl2NO3/c1-11-7-12(2)17-15(8-11)19(24-5-6-25-19)18(23)22(17)10-13-3-4-14(20)9-16(13)21/h3-4,7-9H,5-6,10H2,1-2H3. The van der Waals surface area contributed by atoms with Gasteiger partial charge in [-0.1, -0.05) is 40.9 Å². The molecule has 1 saturated heterocycles. The third-order valence-electron chi connectivity index (χ3n) is 4.63. The molecule has 130 valence electrons. The van der Waals surface area contributed by atoms with Crippen molar-refractivity contribution in [1.82, 2.24) is 0 Å². The molecule has 4 rings (SSSR count).